The first-order valence-corrected chi connectivity index (χ1v) is 12.7. The Labute approximate surface area is 190 Å². The fraction of sp³-hybridized carbons (Fsp3) is 0.542. The number of ether oxygens (including phenoxy) is 1. The van der Waals surface area contributed by atoms with Crippen LogP contribution in [0.15, 0.2) is 40.1 Å². The summed E-state index contributed by atoms with van der Waals surface area (Å²) in [6, 6.07) is 6.81. The Bertz CT molecular complexity index is 1050. The third-order valence-electron chi connectivity index (χ3n) is 7.03. The number of esters is 1. The van der Waals surface area contributed by atoms with Crippen LogP contribution < -0.4 is 16.4 Å². The second-order valence-corrected chi connectivity index (χ2v) is 10.3. The van der Waals surface area contributed by atoms with E-state index in [0.29, 0.717) is 41.3 Å². The lowest BCUT2D eigenvalue weighted by Crippen LogP contribution is -2.49. The van der Waals surface area contributed by atoms with Crippen LogP contribution in [-0.2, 0) is 16.1 Å². The van der Waals surface area contributed by atoms with E-state index in [1.165, 1.54) is 4.57 Å². The number of unbranched alkanes of at least 4 members (excludes halogenated alkanes) is 3. The van der Waals surface area contributed by atoms with Crippen LogP contribution >= 0.6 is 0 Å². The molecule has 174 valence electrons. The van der Waals surface area contributed by atoms with E-state index in [1.54, 1.807) is 30.5 Å². The molecule has 0 amide bonds. The van der Waals surface area contributed by atoms with Gasteiger partial charge in [0.2, 0.25) is 9.85 Å². The average Bonchev–Trinajstić information content (AvgIpc) is 2.79. The number of hydrogen-bond acceptors (Lipinski definition) is 4. The van der Waals surface area contributed by atoms with Crippen LogP contribution in [0.25, 0.3) is 11.1 Å². The molecule has 1 aliphatic carbocycles. The van der Waals surface area contributed by atoms with Crippen LogP contribution in [0.2, 0.25) is 0 Å². The largest absolute Gasteiger partial charge is 0.465 e. The lowest BCUT2D eigenvalue weighted by molar-refractivity contribution is -0.170. The summed E-state index contributed by atoms with van der Waals surface area (Å²) < 4.78 is 19.8. The van der Waals surface area contributed by atoms with Crippen molar-refractivity contribution in [1.82, 2.24) is 9.55 Å². The van der Waals surface area contributed by atoms with Gasteiger partial charge in [-0.25, -0.2) is 4.79 Å². The fourth-order valence-electron chi connectivity index (χ4n) is 4.49. The molecule has 1 aliphatic rings. The van der Waals surface area contributed by atoms with Crippen LogP contribution in [0.3, 0.4) is 0 Å². The molecule has 8 heteroatoms. The number of halogens is 1. The molecule has 1 aromatic heterocycles. The quantitative estimate of drug-likeness (QED) is 0.256. The predicted molar refractivity (Wildman–Crippen MR) is 127 cm³/mol. The topological polar surface area (TPSA) is 81.2 Å². The van der Waals surface area contributed by atoms with Crippen LogP contribution in [0, 0.1) is 17.3 Å². The number of carbonyl (C=O) groups is 1. The highest BCUT2D eigenvalue weighted by Gasteiger charge is 2.51. The Morgan fingerprint density at radius 3 is 2.50 bits per heavy atom. The number of hydrogen-bond donors (Lipinski definition) is 1. The number of rotatable bonds is 10. The molecule has 0 spiro atoms. The monoisotopic (exact) mass is 460 g/mol. The van der Waals surface area contributed by atoms with Gasteiger partial charge < -0.3 is 8.84 Å². The summed E-state index contributed by atoms with van der Waals surface area (Å²) in [5.41, 5.74) is -0.148. The highest BCUT2D eigenvalue weighted by atomic mass is 28.3. The van der Waals surface area contributed by atoms with Crippen LogP contribution in [0.1, 0.15) is 52.9 Å². The van der Waals surface area contributed by atoms with Crippen molar-refractivity contribution in [3.8, 4) is 11.1 Å². The van der Waals surface area contributed by atoms with E-state index in [9.17, 15) is 18.5 Å². The second kappa shape index (κ2) is 10.4. The number of aryl methyl sites for hydroxylation is 1. The molecule has 2 aromatic rings. The van der Waals surface area contributed by atoms with Gasteiger partial charge >= 0.3 is 11.7 Å². The highest BCUT2D eigenvalue weighted by Crippen LogP contribution is 2.51. The molecule has 0 aliphatic heterocycles. The maximum Gasteiger partial charge on any atom is 0.328 e. The van der Waals surface area contributed by atoms with Crippen molar-refractivity contribution in [3.63, 3.8) is 0 Å². The van der Waals surface area contributed by atoms with Gasteiger partial charge in [0.25, 0.3) is 5.56 Å². The number of aromatic nitrogens is 2. The van der Waals surface area contributed by atoms with Gasteiger partial charge in [0.15, 0.2) is 0 Å². The van der Waals surface area contributed by atoms with Crippen molar-refractivity contribution >= 4 is 21.0 Å². The Balaban J connectivity index is 1.44. The molecule has 1 fully saturated rings. The van der Waals surface area contributed by atoms with Gasteiger partial charge in [-0.05, 0) is 55.2 Å². The number of nitrogens with one attached hydrogen (secondary N) is 1. The summed E-state index contributed by atoms with van der Waals surface area (Å²) in [5.74, 6) is 0.844. The second-order valence-electron chi connectivity index (χ2n) is 9.26. The number of carbonyl (C=O) groups excluding carboxylic acids is 1. The molecule has 0 radical (unpaired) electrons. The number of aromatic amines is 1. The van der Waals surface area contributed by atoms with Crippen molar-refractivity contribution in [3.05, 3.63) is 51.3 Å². The molecule has 1 heterocycles. The molecule has 32 heavy (non-hydrogen) atoms. The molecule has 6 nitrogen and oxygen atoms in total. The van der Waals surface area contributed by atoms with Gasteiger partial charge in [0.05, 0.1) is 17.6 Å². The summed E-state index contributed by atoms with van der Waals surface area (Å²) in [6.07, 6.45) is 5.82. The number of nitrogens with zero attached hydrogens (tertiary/aromatic N) is 1. The Morgan fingerprint density at radius 1 is 1.19 bits per heavy atom. The first-order valence-electron chi connectivity index (χ1n) is 11.4. The van der Waals surface area contributed by atoms with Gasteiger partial charge in [0.1, 0.15) is 0 Å². The van der Waals surface area contributed by atoms with E-state index in [2.05, 4.69) is 18.8 Å². The summed E-state index contributed by atoms with van der Waals surface area (Å²) in [4.78, 5) is 39.0. The van der Waals surface area contributed by atoms with Gasteiger partial charge in [-0.2, -0.15) is 0 Å². The van der Waals surface area contributed by atoms with Crippen LogP contribution in [-0.4, -0.2) is 32.0 Å². The zero-order chi connectivity index (χ0) is 23.3. The summed E-state index contributed by atoms with van der Waals surface area (Å²) in [7, 11) is -1.73. The smallest absolute Gasteiger partial charge is 0.328 e. The molecule has 1 N–H and O–H groups in total. The SMILES string of the molecule is CC1CC(C)(C(=O)OCCCCCCn2cc(-c3ccc([SiH2]F)cc3)c(=O)[nH]c2=O)C1C. The Morgan fingerprint density at radius 2 is 1.88 bits per heavy atom. The van der Waals surface area contributed by atoms with Gasteiger partial charge in [-0.15, -0.1) is 0 Å². The van der Waals surface area contributed by atoms with Crippen LogP contribution in [0.5, 0.6) is 0 Å². The van der Waals surface area contributed by atoms with E-state index in [0.717, 1.165) is 32.1 Å². The number of H-pyrrole nitrogens is 1. The summed E-state index contributed by atoms with van der Waals surface area (Å²) in [6.45, 7) is 7.19. The molecule has 0 saturated heterocycles. The van der Waals surface area contributed by atoms with Crippen molar-refractivity contribution in [2.45, 2.75) is 59.4 Å². The van der Waals surface area contributed by atoms with E-state index in [1.807, 2.05) is 6.92 Å². The number of benzene rings is 1. The maximum absolute atomic E-state index is 12.8. The van der Waals surface area contributed by atoms with E-state index < -0.39 is 21.1 Å². The molecule has 0 bridgehead atoms. The van der Waals surface area contributed by atoms with Crippen molar-refractivity contribution in [2.24, 2.45) is 17.3 Å². The van der Waals surface area contributed by atoms with Gasteiger partial charge in [-0.1, -0.05) is 44.5 Å². The minimum Gasteiger partial charge on any atom is -0.465 e. The first-order chi connectivity index (χ1) is 15.3. The van der Waals surface area contributed by atoms with E-state index >= 15 is 0 Å². The first kappa shape index (κ1) is 24.2. The molecular formula is C24H33FN2O4Si. The lowest BCUT2D eigenvalue weighted by atomic mass is 9.56. The third kappa shape index (κ3) is 5.28. The maximum atomic E-state index is 12.8. The van der Waals surface area contributed by atoms with Crippen molar-refractivity contribution in [2.75, 3.05) is 6.61 Å². The standard InChI is InChI=1S/C24H33FN2O4Si/c1-16-14-24(3,17(16)2)22(29)31-13-7-5-4-6-12-27-15-20(21(28)26-23(27)30)18-8-10-19(32-25)11-9-18/h8-11,15-17H,4-7,12-14,32H2,1-3H3,(H,26,28,30). The normalized spacial score (nSPS) is 22.8. The van der Waals surface area contributed by atoms with Crippen molar-refractivity contribution < 1.29 is 13.6 Å². The fourth-order valence-corrected chi connectivity index (χ4v) is 4.90. The molecule has 1 saturated carbocycles. The predicted octanol–water partition coefficient (Wildman–Crippen LogP) is 2.67. The van der Waals surface area contributed by atoms with Gasteiger partial charge in [0, 0.05) is 12.7 Å². The molecule has 1 aromatic carbocycles. The summed E-state index contributed by atoms with van der Waals surface area (Å²) in [5, 5.41) is 0.676. The molecule has 3 unspecified atom stereocenters. The zero-order valence-corrected chi connectivity index (χ0v) is 20.6. The van der Waals surface area contributed by atoms with E-state index in [-0.39, 0.29) is 11.4 Å². The molecular weight excluding hydrogens is 427 g/mol. The summed E-state index contributed by atoms with van der Waals surface area (Å²) >= 11 is 0. The average molecular weight is 461 g/mol. The zero-order valence-electron chi connectivity index (χ0n) is 19.2. The molecule has 3 rings (SSSR count). The van der Waals surface area contributed by atoms with Crippen molar-refractivity contribution in [1.29, 1.82) is 0 Å². The molecule has 3 atom stereocenters. The Hall–Kier alpha value is -2.48. The minimum absolute atomic E-state index is 0.0858. The highest BCUT2D eigenvalue weighted by molar-refractivity contribution is 6.46. The van der Waals surface area contributed by atoms with E-state index in [4.69, 9.17) is 4.74 Å². The van der Waals surface area contributed by atoms with Gasteiger partial charge in [-0.3, -0.25) is 19.1 Å². The lowest BCUT2D eigenvalue weighted by Gasteiger charge is -2.48. The minimum atomic E-state index is -1.73. The van der Waals surface area contributed by atoms with Crippen LogP contribution in [0.4, 0.5) is 4.11 Å². The Kier molecular flexibility index (Phi) is 7.87. The third-order valence-corrected chi connectivity index (χ3v) is 7.81.